The van der Waals surface area contributed by atoms with Crippen LogP contribution in [-0.4, -0.2) is 42.1 Å². The number of carbonyl (C=O) groups is 1. The normalized spacial score (nSPS) is 16.7. The second-order valence-corrected chi connectivity index (χ2v) is 8.29. The molecule has 1 saturated heterocycles. The summed E-state index contributed by atoms with van der Waals surface area (Å²) in [5, 5.41) is 3.91. The number of rotatable bonds is 7. The lowest BCUT2D eigenvalue weighted by molar-refractivity contribution is -0.128. The zero-order valence-electron chi connectivity index (χ0n) is 19.1. The Balaban J connectivity index is 1.61. The molecule has 0 spiro atoms. The Hall–Kier alpha value is -3.49. The van der Waals surface area contributed by atoms with Gasteiger partial charge in [0.25, 0.3) is 6.43 Å². The van der Waals surface area contributed by atoms with Crippen LogP contribution in [0.25, 0.3) is 10.9 Å². The smallest absolute Gasteiger partial charge is 0.266 e. The highest BCUT2D eigenvalue weighted by Gasteiger charge is 2.27. The second kappa shape index (κ2) is 9.79. The van der Waals surface area contributed by atoms with Gasteiger partial charge >= 0.3 is 0 Å². The molecule has 4 rings (SSSR count). The average molecular weight is 473 g/mol. The number of alkyl halides is 2. The van der Waals surface area contributed by atoms with Crippen molar-refractivity contribution in [3.8, 4) is 11.5 Å². The molecule has 9 heteroatoms. The highest BCUT2D eigenvalue weighted by Crippen LogP contribution is 2.37. The molecule has 34 heavy (non-hydrogen) atoms. The third-order valence-electron chi connectivity index (χ3n) is 6.04. The maximum absolute atomic E-state index is 14.6. The molecular weight excluding hydrogens is 447 g/mol. The first-order valence-corrected chi connectivity index (χ1v) is 11.0. The van der Waals surface area contributed by atoms with Crippen LogP contribution in [0.3, 0.4) is 0 Å². The van der Waals surface area contributed by atoms with Crippen molar-refractivity contribution < 1.29 is 27.4 Å². The zero-order valence-corrected chi connectivity index (χ0v) is 19.1. The van der Waals surface area contributed by atoms with Gasteiger partial charge in [0.1, 0.15) is 11.9 Å². The number of pyridine rings is 1. The van der Waals surface area contributed by atoms with Crippen molar-refractivity contribution in [1.82, 2.24) is 9.88 Å². The highest BCUT2D eigenvalue weighted by molar-refractivity contribution is 5.93. The summed E-state index contributed by atoms with van der Waals surface area (Å²) in [4.78, 5) is 17.8. The molecule has 3 aromatic rings. The molecule has 1 aliphatic heterocycles. The number of fused-ring (bicyclic) bond motifs is 1. The quantitative estimate of drug-likeness (QED) is 0.492. The molecule has 180 valence electrons. The van der Waals surface area contributed by atoms with E-state index >= 15 is 0 Å². The number of nitrogens with one attached hydrogen (secondary N) is 1. The van der Waals surface area contributed by atoms with Crippen molar-refractivity contribution in [3.63, 3.8) is 0 Å². The van der Waals surface area contributed by atoms with Crippen LogP contribution >= 0.6 is 0 Å². The Morgan fingerprint density at radius 1 is 1.21 bits per heavy atom. The van der Waals surface area contributed by atoms with Crippen LogP contribution in [0.5, 0.6) is 11.5 Å². The molecule has 0 radical (unpaired) electrons. The first-order chi connectivity index (χ1) is 16.3. The molecule has 2 atom stereocenters. The lowest BCUT2D eigenvalue weighted by Gasteiger charge is -2.20. The molecule has 2 heterocycles. The van der Waals surface area contributed by atoms with Gasteiger partial charge in [-0.3, -0.25) is 9.78 Å². The molecule has 1 unspecified atom stereocenters. The first kappa shape index (κ1) is 23.7. The van der Waals surface area contributed by atoms with E-state index in [9.17, 15) is 18.0 Å². The number of benzene rings is 2. The number of aromatic nitrogens is 1. The third kappa shape index (κ3) is 4.73. The Kier molecular flexibility index (Phi) is 6.81. The van der Waals surface area contributed by atoms with Crippen molar-refractivity contribution in [2.75, 3.05) is 25.5 Å². The number of nitrogens with zero attached hydrogens (tertiary/aromatic N) is 2. The maximum atomic E-state index is 14.6. The molecule has 2 aromatic carbocycles. The molecule has 1 aliphatic rings. The fraction of sp³-hybridized carbons (Fsp3) is 0.360. The molecule has 1 N–H and O–H groups in total. The van der Waals surface area contributed by atoms with Gasteiger partial charge < -0.3 is 19.7 Å². The summed E-state index contributed by atoms with van der Waals surface area (Å²) in [6.07, 6.45) is -0.718. The summed E-state index contributed by atoms with van der Waals surface area (Å²) in [5.41, 5.74) is 0.791. The summed E-state index contributed by atoms with van der Waals surface area (Å²) >= 11 is 0. The van der Waals surface area contributed by atoms with Crippen LogP contribution in [0.4, 0.5) is 18.9 Å². The van der Waals surface area contributed by atoms with E-state index in [1.54, 1.807) is 36.2 Å². The summed E-state index contributed by atoms with van der Waals surface area (Å²) in [6, 6.07) is 8.68. The summed E-state index contributed by atoms with van der Waals surface area (Å²) < 4.78 is 52.5. The van der Waals surface area contributed by atoms with Crippen molar-refractivity contribution in [1.29, 1.82) is 0 Å². The minimum Gasteiger partial charge on any atom is -0.493 e. The Bertz CT molecular complexity index is 1200. The number of hydrogen-bond donors (Lipinski definition) is 1. The van der Waals surface area contributed by atoms with E-state index in [0.29, 0.717) is 41.2 Å². The number of halogens is 3. The van der Waals surface area contributed by atoms with E-state index in [4.69, 9.17) is 9.47 Å². The average Bonchev–Trinajstić information content (AvgIpc) is 3.27. The van der Waals surface area contributed by atoms with Crippen molar-refractivity contribution in [2.24, 2.45) is 0 Å². The fourth-order valence-electron chi connectivity index (χ4n) is 4.20. The molecule has 6 nitrogen and oxygen atoms in total. The van der Waals surface area contributed by atoms with Crippen LogP contribution in [0.1, 0.15) is 43.9 Å². The third-order valence-corrected chi connectivity index (χ3v) is 6.04. The number of anilines is 1. The van der Waals surface area contributed by atoms with Crippen molar-refractivity contribution in [3.05, 3.63) is 59.5 Å². The Labute approximate surface area is 195 Å². The van der Waals surface area contributed by atoms with Gasteiger partial charge in [0.05, 0.1) is 30.8 Å². The van der Waals surface area contributed by atoms with Gasteiger partial charge in [-0.1, -0.05) is 18.2 Å². The standard InChI is InChI=1S/C25H26F3N3O3/c1-14(17-5-4-6-18(24(17)26)25(27)28)30-20-7-9-29-21-12-23(22(33-3)11-19(20)21)34-16-8-10-31(13-16)15(2)32/h4-7,9,11-12,14,16,25H,8,10,13H2,1-3H3,(H,29,30)/t14-,16?/m1/s1. The molecule has 0 bridgehead atoms. The SMILES string of the molecule is COc1cc2c(N[C@H](C)c3cccc(C(F)F)c3F)ccnc2cc1OC1CCN(C(C)=O)C1. The largest absolute Gasteiger partial charge is 0.493 e. The van der Waals surface area contributed by atoms with Gasteiger partial charge in [0.2, 0.25) is 5.91 Å². The van der Waals surface area contributed by atoms with Crippen LogP contribution in [0.15, 0.2) is 42.6 Å². The topological polar surface area (TPSA) is 63.7 Å². The van der Waals surface area contributed by atoms with E-state index in [2.05, 4.69) is 10.3 Å². The Morgan fingerprint density at radius 3 is 2.65 bits per heavy atom. The molecule has 1 fully saturated rings. The molecular formula is C25H26F3N3O3. The van der Waals surface area contributed by atoms with Crippen LogP contribution < -0.4 is 14.8 Å². The van der Waals surface area contributed by atoms with Gasteiger partial charge in [0.15, 0.2) is 11.5 Å². The van der Waals surface area contributed by atoms with Crippen LogP contribution in [0.2, 0.25) is 0 Å². The molecule has 0 aliphatic carbocycles. The Morgan fingerprint density at radius 2 is 1.97 bits per heavy atom. The number of hydrogen-bond acceptors (Lipinski definition) is 5. The van der Waals surface area contributed by atoms with Crippen molar-refractivity contribution >= 4 is 22.5 Å². The number of ether oxygens (including phenoxy) is 2. The number of carbonyl (C=O) groups excluding carboxylic acids is 1. The molecule has 0 saturated carbocycles. The van der Waals surface area contributed by atoms with Gasteiger partial charge in [-0.05, 0) is 19.1 Å². The minimum absolute atomic E-state index is 0.0126. The predicted octanol–water partition coefficient (Wildman–Crippen LogP) is 5.49. The fourth-order valence-corrected chi connectivity index (χ4v) is 4.20. The highest BCUT2D eigenvalue weighted by atomic mass is 19.3. The first-order valence-electron chi connectivity index (χ1n) is 11.0. The van der Waals surface area contributed by atoms with E-state index in [-0.39, 0.29) is 17.6 Å². The number of methoxy groups -OCH3 is 1. The van der Waals surface area contributed by atoms with E-state index in [1.807, 2.05) is 0 Å². The van der Waals surface area contributed by atoms with Gasteiger partial charge in [-0.15, -0.1) is 0 Å². The van der Waals surface area contributed by atoms with Gasteiger partial charge in [0, 0.05) is 48.8 Å². The number of likely N-dealkylation sites (tertiary alicyclic amines) is 1. The van der Waals surface area contributed by atoms with E-state index in [1.165, 1.54) is 26.2 Å². The molecule has 1 aromatic heterocycles. The summed E-state index contributed by atoms with van der Waals surface area (Å²) in [7, 11) is 1.53. The van der Waals surface area contributed by atoms with Gasteiger partial charge in [-0.25, -0.2) is 13.2 Å². The predicted molar refractivity (Wildman–Crippen MR) is 123 cm³/mol. The zero-order chi connectivity index (χ0) is 24.4. The monoisotopic (exact) mass is 473 g/mol. The van der Waals surface area contributed by atoms with Gasteiger partial charge in [-0.2, -0.15) is 0 Å². The van der Waals surface area contributed by atoms with Crippen molar-refractivity contribution in [2.45, 2.75) is 38.8 Å². The van der Waals surface area contributed by atoms with Crippen LogP contribution in [-0.2, 0) is 4.79 Å². The lowest BCUT2D eigenvalue weighted by Crippen LogP contribution is -2.28. The number of amides is 1. The van der Waals surface area contributed by atoms with E-state index < -0.39 is 23.8 Å². The van der Waals surface area contributed by atoms with Crippen LogP contribution in [0, 0.1) is 5.82 Å². The summed E-state index contributed by atoms with van der Waals surface area (Å²) in [6.45, 7) is 4.39. The second-order valence-electron chi connectivity index (χ2n) is 8.29. The molecule has 1 amide bonds. The van der Waals surface area contributed by atoms with E-state index in [0.717, 1.165) is 12.5 Å². The maximum Gasteiger partial charge on any atom is 0.266 e. The minimum atomic E-state index is -2.89. The summed E-state index contributed by atoms with van der Waals surface area (Å²) in [5.74, 6) is 0.0982. The lowest BCUT2D eigenvalue weighted by atomic mass is 10.0.